The van der Waals surface area contributed by atoms with Crippen LogP contribution in [-0.4, -0.2) is 41.6 Å². The number of carbonyl (C=O) groups excluding carboxylic acids is 2. The van der Waals surface area contributed by atoms with Crippen LogP contribution in [0.2, 0.25) is 5.02 Å². The molecule has 7 nitrogen and oxygen atoms in total. The number of hydrogen-bond donors (Lipinski definition) is 2. The maximum absolute atomic E-state index is 13.4. The van der Waals surface area contributed by atoms with E-state index in [0.29, 0.717) is 10.7 Å². The van der Waals surface area contributed by atoms with Gasteiger partial charge >= 0.3 is 5.97 Å². The first-order chi connectivity index (χ1) is 14.3. The number of fused-ring (bicyclic) bond motifs is 1. The van der Waals surface area contributed by atoms with Crippen molar-refractivity contribution in [1.82, 2.24) is 5.32 Å². The molecule has 158 valence electrons. The van der Waals surface area contributed by atoms with Gasteiger partial charge in [-0.1, -0.05) is 41.9 Å². The van der Waals surface area contributed by atoms with Crippen LogP contribution in [0, 0.1) is 0 Å². The zero-order valence-electron chi connectivity index (χ0n) is 16.7. The van der Waals surface area contributed by atoms with Crippen molar-refractivity contribution in [2.75, 3.05) is 11.4 Å². The Morgan fingerprint density at radius 3 is 2.53 bits per heavy atom. The molecule has 0 saturated heterocycles. The van der Waals surface area contributed by atoms with E-state index >= 15 is 0 Å². The quantitative estimate of drug-likeness (QED) is 0.733. The smallest absolute Gasteiger partial charge is 0.322 e. The van der Waals surface area contributed by atoms with Crippen molar-refractivity contribution in [3.63, 3.8) is 0 Å². The lowest BCUT2D eigenvalue weighted by Gasteiger charge is -2.28. The summed E-state index contributed by atoms with van der Waals surface area (Å²) in [6.45, 7) is 3.23. The number of nitrogens with zero attached hydrogens (tertiary/aromatic N) is 1. The fraction of sp³-hybridized carbons (Fsp3) is 0.318. The minimum absolute atomic E-state index is 0.194. The highest BCUT2D eigenvalue weighted by Gasteiger charge is 2.38. The monoisotopic (exact) mass is 430 g/mol. The van der Waals surface area contributed by atoms with Crippen LogP contribution in [0.3, 0.4) is 0 Å². The molecule has 2 N–H and O–H groups in total. The molecule has 2 aromatic rings. The van der Waals surface area contributed by atoms with Crippen LogP contribution in [0.15, 0.2) is 48.5 Å². The molecule has 2 amide bonds. The summed E-state index contributed by atoms with van der Waals surface area (Å²) < 4.78 is 6.19. The molecule has 0 bridgehead atoms. The molecule has 0 radical (unpaired) electrons. The second-order valence-electron chi connectivity index (χ2n) is 7.30. The van der Waals surface area contributed by atoms with E-state index in [4.69, 9.17) is 21.4 Å². The van der Waals surface area contributed by atoms with E-state index in [2.05, 4.69) is 5.32 Å². The van der Waals surface area contributed by atoms with Crippen LogP contribution in [0.25, 0.3) is 0 Å². The number of amides is 2. The Hall–Kier alpha value is -2.90. The SMILES string of the molecule is CC(C)N1C(=O)C(CC(=O)NCC(=O)O)OC(c2ccccc2)c2cc(Cl)ccc21. The first-order valence-electron chi connectivity index (χ1n) is 9.59. The Morgan fingerprint density at radius 2 is 1.90 bits per heavy atom. The van der Waals surface area contributed by atoms with Crippen molar-refractivity contribution < 1.29 is 24.2 Å². The highest BCUT2D eigenvalue weighted by Crippen LogP contribution is 2.40. The van der Waals surface area contributed by atoms with Gasteiger partial charge in [-0.05, 0) is 37.6 Å². The number of hydrogen-bond acceptors (Lipinski definition) is 4. The number of anilines is 1. The van der Waals surface area contributed by atoms with Crippen molar-refractivity contribution in [3.05, 3.63) is 64.7 Å². The lowest BCUT2D eigenvalue weighted by atomic mass is 9.99. The zero-order valence-corrected chi connectivity index (χ0v) is 17.4. The van der Waals surface area contributed by atoms with Gasteiger partial charge in [0.15, 0.2) is 0 Å². The minimum Gasteiger partial charge on any atom is -0.480 e. The molecular weight excluding hydrogens is 408 g/mol. The third-order valence-corrected chi connectivity index (χ3v) is 5.01. The Morgan fingerprint density at radius 1 is 1.20 bits per heavy atom. The Labute approximate surface area is 179 Å². The molecule has 1 heterocycles. The van der Waals surface area contributed by atoms with E-state index in [-0.39, 0.29) is 18.4 Å². The Bertz CT molecular complexity index is 948. The minimum atomic E-state index is -1.16. The number of aliphatic carboxylic acids is 1. The van der Waals surface area contributed by atoms with Crippen molar-refractivity contribution in [2.24, 2.45) is 0 Å². The number of carbonyl (C=O) groups is 3. The third-order valence-electron chi connectivity index (χ3n) is 4.77. The maximum Gasteiger partial charge on any atom is 0.322 e. The van der Waals surface area contributed by atoms with Gasteiger partial charge < -0.3 is 20.1 Å². The summed E-state index contributed by atoms with van der Waals surface area (Å²) in [5.74, 6) is -2.10. The van der Waals surface area contributed by atoms with Crippen molar-refractivity contribution in [1.29, 1.82) is 0 Å². The number of carboxylic acids is 1. The van der Waals surface area contributed by atoms with Crippen molar-refractivity contribution in [2.45, 2.75) is 38.5 Å². The molecule has 1 aliphatic heterocycles. The van der Waals surface area contributed by atoms with Gasteiger partial charge in [-0.3, -0.25) is 14.4 Å². The molecule has 2 atom stereocenters. The predicted molar refractivity (Wildman–Crippen MR) is 112 cm³/mol. The number of carboxylic acid groups (broad SMARTS) is 1. The van der Waals surface area contributed by atoms with Crippen LogP contribution in [0.1, 0.15) is 37.5 Å². The number of ether oxygens (including phenoxy) is 1. The Kier molecular flexibility index (Phi) is 6.74. The summed E-state index contributed by atoms with van der Waals surface area (Å²) in [5, 5.41) is 11.6. The van der Waals surface area contributed by atoms with Gasteiger partial charge in [-0.15, -0.1) is 0 Å². The first-order valence-corrected chi connectivity index (χ1v) is 9.97. The van der Waals surface area contributed by atoms with Crippen LogP contribution in [0.4, 0.5) is 5.69 Å². The van der Waals surface area contributed by atoms with Gasteiger partial charge in [-0.25, -0.2) is 0 Å². The summed E-state index contributed by atoms with van der Waals surface area (Å²) in [4.78, 5) is 38.0. The number of nitrogens with one attached hydrogen (secondary N) is 1. The first kappa shape index (κ1) is 21.8. The van der Waals surface area contributed by atoms with Crippen molar-refractivity contribution >= 4 is 35.1 Å². The van der Waals surface area contributed by atoms with E-state index in [0.717, 1.165) is 11.1 Å². The normalized spacial score (nSPS) is 18.7. The van der Waals surface area contributed by atoms with Crippen LogP contribution in [-0.2, 0) is 19.1 Å². The fourth-order valence-electron chi connectivity index (χ4n) is 3.49. The van der Waals surface area contributed by atoms with Crippen LogP contribution >= 0.6 is 11.6 Å². The highest BCUT2D eigenvalue weighted by atomic mass is 35.5. The van der Waals surface area contributed by atoms with E-state index in [1.54, 1.807) is 23.1 Å². The average Bonchev–Trinajstić information content (AvgIpc) is 2.82. The molecule has 2 unspecified atom stereocenters. The van der Waals surface area contributed by atoms with Gasteiger partial charge in [0.2, 0.25) is 5.91 Å². The van der Waals surface area contributed by atoms with E-state index < -0.39 is 30.6 Å². The number of halogens is 1. The summed E-state index contributed by atoms with van der Waals surface area (Å²) in [7, 11) is 0. The second-order valence-corrected chi connectivity index (χ2v) is 7.73. The molecule has 0 aromatic heterocycles. The lowest BCUT2D eigenvalue weighted by Crippen LogP contribution is -2.45. The Balaban J connectivity index is 2.04. The second kappa shape index (κ2) is 9.28. The average molecular weight is 431 g/mol. The third kappa shape index (κ3) is 4.80. The molecule has 0 aliphatic carbocycles. The predicted octanol–water partition coefficient (Wildman–Crippen LogP) is 3.16. The molecule has 1 aliphatic rings. The topological polar surface area (TPSA) is 95.9 Å². The molecule has 30 heavy (non-hydrogen) atoms. The summed E-state index contributed by atoms with van der Waals surface area (Å²) in [6, 6.07) is 14.4. The van der Waals surface area contributed by atoms with Gasteiger partial charge in [-0.2, -0.15) is 0 Å². The molecule has 8 heteroatoms. The molecule has 0 fully saturated rings. The molecule has 0 spiro atoms. The molecular formula is C22H23ClN2O5. The highest BCUT2D eigenvalue weighted by molar-refractivity contribution is 6.30. The summed E-state index contributed by atoms with van der Waals surface area (Å²) in [6.07, 6.45) is -2.00. The summed E-state index contributed by atoms with van der Waals surface area (Å²) >= 11 is 6.26. The van der Waals surface area contributed by atoms with E-state index in [1.165, 1.54) is 0 Å². The van der Waals surface area contributed by atoms with Crippen molar-refractivity contribution in [3.8, 4) is 0 Å². The lowest BCUT2D eigenvalue weighted by molar-refractivity contribution is -0.140. The van der Waals surface area contributed by atoms with Gasteiger partial charge in [0.25, 0.3) is 5.91 Å². The standard InChI is InChI=1S/C22H23ClN2O5/c1-13(2)25-17-9-8-15(23)10-16(17)21(14-6-4-3-5-7-14)30-18(22(25)29)11-19(26)24-12-20(27)28/h3-10,13,18,21H,11-12H2,1-2H3,(H,24,26)(H,27,28). The zero-order chi connectivity index (χ0) is 21.8. The molecule has 0 saturated carbocycles. The van der Waals surface area contributed by atoms with Gasteiger partial charge in [0.1, 0.15) is 18.8 Å². The molecule has 3 rings (SSSR count). The largest absolute Gasteiger partial charge is 0.480 e. The van der Waals surface area contributed by atoms with Crippen LogP contribution in [0.5, 0.6) is 0 Å². The number of rotatable bonds is 6. The van der Waals surface area contributed by atoms with E-state index in [1.807, 2.05) is 44.2 Å². The van der Waals surface area contributed by atoms with Crippen LogP contribution < -0.4 is 10.2 Å². The van der Waals surface area contributed by atoms with Gasteiger partial charge in [0.05, 0.1) is 12.1 Å². The van der Waals surface area contributed by atoms with E-state index in [9.17, 15) is 14.4 Å². The fourth-order valence-corrected chi connectivity index (χ4v) is 3.67. The summed E-state index contributed by atoms with van der Waals surface area (Å²) in [5.41, 5.74) is 2.21. The van der Waals surface area contributed by atoms with Gasteiger partial charge in [0, 0.05) is 16.6 Å². The number of benzene rings is 2. The maximum atomic E-state index is 13.4. The molecule has 2 aromatic carbocycles.